The van der Waals surface area contributed by atoms with Crippen LogP contribution in [0.2, 0.25) is 0 Å². The van der Waals surface area contributed by atoms with Gasteiger partial charge in [0, 0.05) is 24.3 Å². The molecular formula is C25H33N3O6. The molecule has 1 aliphatic heterocycles. The molecule has 1 N–H and O–H groups in total. The van der Waals surface area contributed by atoms with Crippen molar-refractivity contribution in [3.8, 4) is 23.0 Å². The standard InChI is InChI=1S/C25H33N3O6/c1-6-31-21-13-17(14-22(32-7-2)24(21)33-8-3)25(30)26-18-9-10-20-19(15-18)28(12-11-27(4)5)23(29)16-34-20/h9-10,13-15H,6-8,11-12,16H2,1-5H3,(H,26,30). The van der Waals surface area contributed by atoms with E-state index in [0.717, 1.165) is 0 Å². The van der Waals surface area contributed by atoms with Crippen molar-refractivity contribution in [2.24, 2.45) is 0 Å². The van der Waals surface area contributed by atoms with Gasteiger partial charge in [-0.2, -0.15) is 0 Å². The second-order valence-electron chi connectivity index (χ2n) is 7.87. The van der Waals surface area contributed by atoms with Crippen molar-refractivity contribution < 1.29 is 28.5 Å². The number of nitrogens with zero attached hydrogens (tertiary/aromatic N) is 2. The predicted octanol–water partition coefficient (Wildman–Crippen LogP) is 3.42. The van der Waals surface area contributed by atoms with Gasteiger partial charge in [-0.3, -0.25) is 9.59 Å². The van der Waals surface area contributed by atoms with Crippen LogP contribution in [0.15, 0.2) is 30.3 Å². The lowest BCUT2D eigenvalue weighted by atomic mass is 10.1. The zero-order chi connectivity index (χ0) is 24.7. The van der Waals surface area contributed by atoms with E-state index < -0.39 is 0 Å². The van der Waals surface area contributed by atoms with Crippen molar-refractivity contribution in [2.75, 3.05) is 63.8 Å². The fraction of sp³-hybridized carbons (Fsp3) is 0.440. The minimum Gasteiger partial charge on any atom is -0.490 e. The van der Waals surface area contributed by atoms with Gasteiger partial charge >= 0.3 is 0 Å². The van der Waals surface area contributed by atoms with Crippen molar-refractivity contribution >= 4 is 23.2 Å². The number of benzene rings is 2. The van der Waals surface area contributed by atoms with Crippen LogP contribution in [0.25, 0.3) is 0 Å². The van der Waals surface area contributed by atoms with Crippen LogP contribution in [-0.4, -0.2) is 70.3 Å². The van der Waals surface area contributed by atoms with E-state index in [1.165, 1.54) is 0 Å². The van der Waals surface area contributed by atoms with Gasteiger partial charge in [0.25, 0.3) is 11.8 Å². The number of likely N-dealkylation sites (N-methyl/N-ethyl adjacent to an activating group) is 1. The quantitative estimate of drug-likeness (QED) is 0.537. The number of amides is 2. The van der Waals surface area contributed by atoms with Crippen LogP contribution in [0.1, 0.15) is 31.1 Å². The van der Waals surface area contributed by atoms with Gasteiger partial charge in [-0.05, 0) is 65.2 Å². The molecule has 0 aliphatic carbocycles. The van der Waals surface area contributed by atoms with Crippen LogP contribution < -0.4 is 29.2 Å². The first-order chi connectivity index (χ1) is 16.4. The molecule has 184 valence electrons. The molecule has 0 bridgehead atoms. The Bertz CT molecular complexity index is 997. The van der Waals surface area contributed by atoms with E-state index in [1.807, 2.05) is 39.8 Å². The molecule has 34 heavy (non-hydrogen) atoms. The molecule has 9 nitrogen and oxygen atoms in total. The van der Waals surface area contributed by atoms with Gasteiger partial charge in [-0.25, -0.2) is 0 Å². The fourth-order valence-electron chi connectivity index (χ4n) is 3.55. The second-order valence-corrected chi connectivity index (χ2v) is 7.87. The normalized spacial score (nSPS) is 12.8. The lowest BCUT2D eigenvalue weighted by Crippen LogP contribution is -2.42. The molecule has 0 spiro atoms. The lowest BCUT2D eigenvalue weighted by molar-refractivity contribution is -0.121. The summed E-state index contributed by atoms with van der Waals surface area (Å²) in [4.78, 5) is 29.3. The van der Waals surface area contributed by atoms with Crippen molar-refractivity contribution in [3.63, 3.8) is 0 Å². The lowest BCUT2D eigenvalue weighted by Gasteiger charge is -2.30. The third-order valence-electron chi connectivity index (χ3n) is 5.10. The molecule has 3 rings (SSSR count). The summed E-state index contributed by atoms with van der Waals surface area (Å²) in [5.41, 5.74) is 1.54. The minimum absolute atomic E-state index is 0.00126. The van der Waals surface area contributed by atoms with Crippen molar-refractivity contribution in [3.05, 3.63) is 35.9 Å². The molecule has 2 amide bonds. The molecule has 9 heteroatoms. The highest BCUT2D eigenvalue weighted by Gasteiger charge is 2.26. The van der Waals surface area contributed by atoms with Crippen molar-refractivity contribution in [1.29, 1.82) is 0 Å². The zero-order valence-electron chi connectivity index (χ0n) is 20.5. The SMILES string of the molecule is CCOc1cc(C(=O)Nc2ccc3c(c2)N(CCN(C)C)C(=O)CO3)cc(OCC)c1OCC. The molecule has 0 fully saturated rings. The highest BCUT2D eigenvalue weighted by atomic mass is 16.5. The molecule has 2 aromatic carbocycles. The number of hydrogen-bond donors (Lipinski definition) is 1. The van der Waals surface area contributed by atoms with E-state index in [0.29, 0.717) is 72.8 Å². The summed E-state index contributed by atoms with van der Waals surface area (Å²) in [5.74, 6) is 1.51. The summed E-state index contributed by atoms with van der Waals surface area (Å²) in [6.45, 7) is 8.09. The number of carbonyl (C=O) groups is 2. The van der Waals surface area contributed by atoms with E-state index in [4.69, 9.17) is 18.9 Å². The van der Waals surface area contributed by atoms with Crippen LogP contribution in [0.4, 0.5) is 11.4 Å². The summed E-state index contributed by atoms with van der Waals surface area (Å²) in [7, 11) is 3.90. The molecule has 1 heterocycles. The number of carbonyl (C=O) groups excluding carboxylic acids is 2. The monoisotopic (exact) mass is 471 g/mol. The maximum Gasteiger partial charge on any atom is 0.265 e. The van der Waals surface area contributed by atoms with Crippen LogP contribution in [0, 0.1) is 0 Å². The van der Waals surface area contributed by atoms with Gasteiger partial charge in [-0.15, -0.1) is 0 Å². The highest BCUT2D eigenvalue weighted by molar-refractivity contribution is 6.06. The maximum atomic E-state index is 13.1. The van der Waals surface area contributed by atoms with Crippen molar-refractivity contribution in [1.82, 2.24) is 4.90 Å². The van der Waals surface area contributed by atoms with Gasteiger partial charge in [-0.1, -0.05) is 0 Å². The Hall–Kier alpha value is -3.46. The number of rotatable bonds is 11. The number of ether oxygens (including phenoxy) is 4. The summed E-state index contributed by atoms with van der Waals surface area (Å²) in [6.07, 6.45) is 0. The Labute approximate surface area is 200 Å². The van der Waals surface area contributed by atoms with E-state index in [9.17, 15) is 9.59 Å². The summed E-state index contributed by atoms with van der Waals surface area (Å²) < 4.78 is 22.7. The first-order valence-electron chi connectivity index (χ1n) is 11.5. The number of anilines is 2. The molecule has 0 aromatic heterocycles. The Balaban J connectivity index is 1.89. The van der Waals surface area contributed by atoms with E-state index in [-0.39, 0.29) is 18.4 Å². The number of hydrogen-bond acceptors (Lipinski definition) is 7. The van der Waals surface area contributed by atoms with Crippen LogP contribution in [0.5, 0.6) is 23.0 Å². The average molecular weight is 472 g/mol. The molecule has 0 unspecified atom stereocenters. The van der Waals surface area contributed by atoms with Crippen LogP contribution in [-0.2, 0) is 4.79 Å². The highest BCUT2D eigenvalue weighted by Crippen LogP contribution is 2.40. The summed E-state index contributed by atoms with van der Waals surface area (Å²) in [5, 5.41) is 2.90. The third-order valence-corrected chi connectivity index (χ3v) is 5.10. The fourth-order valence-corrected chi connectivity index (χ4v) is 3.55. The van der Waals surface area contributed by atoms with Crippen LogP contribution >= 0.6 is 0 Å². The van der Waals surface area contributed by atoms with Crippen molar-refractivity contribution in [2.45, 2.75) is 20.8 Å². The van der Waals surface area contributed by atoms with Gasteiger partial charge in [0.1, 0.15) is 5.75 Å². The number of nitrogens with one attached hydrogen (secondary N) is 1. The Morgan fingerprint density at radius 1 is 1.03 bits per heavy atom. The second kappa shape index (κ2) is 11.6. The van der Waals surface area contributed by atoms with Crippen LogP contribution in [0.3, 0.4) is 0 Å². The Kier molecular flexibility index (Phi) is 8.59. The first-order valence-corrected chi connectivity index (χ1v) is 11.5. The Morgan fingerprint density at radius 2 is 1.68 bits per heavy atom. The van der Waals surface area contributed by atoms with Gasteiger partial charge in [0.05, 0.1) is 25.5 Å². The largest absolute Gasteiger partial charge is 0.490 e. The third kappa shape index (κ3) is 5.91. The van der Waals surface area contributed by atoms with Gasteiger partial charge < -0.3 is 34.1 Å². The smallest absolute Gasteiger partial charge is 0.265 e. The van der Waals surface area contributed by atoms with E-state index in [2.05, 4.69) is 5.32 Å². The molecule has 0 saturated carbocycles. The summed E-state index contributed by atoms with van der Waals surface area (Å²) >= 11 is 0. The van der Waals surface area contributed by atoms with Gasteiger partial charge in [0.2, 0.25) is 5.75 Å². The molecule has 1 aliphatic rings. The Morgan fingerprint density at radius 3 is 2.26 bits per heavy atom. The average Bonchev–Trinajstić information content (AvgIpc) is 2.80. The van der Waals surface area contributed by atoms with Gasteiger partial charge in [0.15, 0.2) is 18.1 Å². The molecule has 0 atom stereocenters. The maximum absolute atomic E-state index is 13.1. The van der Waals surface area contributed by atoms with E-state index in [1.54, 1.807) is 35.2 Å². The number of fused-ring (bicyclic) bond motifs is 1. The van der Waals surface area contributed by atoms with E-state index >= 15 is 0 Å². The minimum atomic E-state index is -0.340. The molecule has 0 saturated heterocycles. The molecular weight excluding hydrogens is 438 g/mol. The summed E-state index contributed by atoms with van der Waals surface area (Å²) in [6, 6.07) is 8.54. The first kappa shape index (κ1) is 25.2. The predicted molar refractivity (Wildman–Crippen MR) is 131 cm³/mol. The topological polar surface area (TPSA) is 89.6 Å². The molecule has 2 aromatic rings. The zero-order valence-corrected chi connectivity index (χ0v) is 20.5. The molecule has 0 radical (unpaired) electrons.